The van der Waals surface area contributed by atoms with Crippen LogP contribution in [0.5, 0.6) is 0 Å². The molecule has 0 unspecified atom stereocenters. The van der Waals surface area contributed by atoms with Crippen molar-refractivity contribution < 1.29 is 0 Å². The van der Waals surface area contributed by atoms with Gasteiger partial charge in [-0.3, -0.25) is 0 Å². The van der Waals surface area contributed by atoms with Gasteiger partial charge in [-0.05, 0) is 14.0 Å². The lowest BCUT2D eigenvalue weighted by atomic mass is 10.2. The number of hydrogen-bond acceptors (Lipinski definition) is 2. The summed E-state index contributed by atoms with van der Waals surface area (Å²) in [5.41, 5.74) is 2.41. The predicted octanol–water partition coefficient (Wildman–Crippen LogP) is 1.04. The van der Waals surface area contributed by atoms with Gasteiger partial charge in [-0.15, -0.1) is 0 Å². The molecule has 3 heteroatoms. The predicted molar refractivity (Wildman–Crippen MR) is 50.3 cm³/mol. The van der Waals surface area contributed by atoms with Crippen molar-refractivity contribution in [1.29, 1.82) is 0 Å². The van der Waals surface area contributed by atoms with Crippen molar-refractivity contribution in [2.75, 3.05) is 13.6 Å². The highest BCUT2D eigenvalue weighted by molar-refractivity contribution is 5.13. The van der Waals surface area contributed by atoms with E-state index in [1.165, 1.54) is 11.4 Å². The zero-order valence-electron chi connectivity index (χ0n) is 8.07. The molecule has 0 radical (unpaired) electrons. The van der Waals surface area contributed by atoms with Crippen LogP contribution in [0, 0.1) is 6.92 Å². The van der Waals surface area contributed by atoms with Gasteiger partial charge in [0.15, 0.2) is 0 Å². The van der Waals surface area contributed by atoms with E-state index in [2.05, 4.69) is 29.1 Å². The standard InChI is InChI=1S/C9H17N3/c1-4-9-11-7(2)8(12-9)5-6-10-3/h10H,4-6H2,1-3H3,(H,11,12). The molecule has 0 spiro atoms. The van der Waals surface area contributed by atoms with E-state index in [9.17, 15) is 0 Å². The van der Waals surface area contributed by atoms with E-state index in [-0.39, 0.29) is 0 Å². The molecular weight excluding hydrogens is 150 g/mol. The van der Waals surface area contributed by atoms with E-state index in [1.807, 2.05) is 7.05 Å². The first-order valence-electron chi connectivity index (χ1n) is 4.46. The highest BCUT2D eigenvalue weighted by Crippen LogP contribution is 2.05. The third-order valence-corrected chi connectivity index (χ3v) is 1.98. The summed E-state index contributed by atoms with van der Waals surface area (Å²) >= 11 is 0. The number of imidazole rings is 1. The molecule has 2 N–H and O–H groups in total. The largest absolute Gasteiger partial charge is 0.346 e. The molecule has 3 nitrogen and oxygen atoms in total. The second-order valence-electron chi connectivity index (χ2n) is 2.96. The molecule has 1 aromatic rings. The summed E-state index contributed by atoms with van der Waals surface area (Å²) in [4.78, 5) is 7.73. The molecule has 1 rings (SSSR count). The molecular formula is C9H17N3. The van der Waals surface area contributed by atoms with Crippen molar-refractivity contribution in [3.05, 3.63) is 17.2 Å². The molecule has 0 fully saturated rings. The molecule has 0 amide bonds. The lowest BCUT2D eigenvalue weighted by Gasteiger charge is -1.95. The molecule has 0 aliphatic carbocycles. The third kappa shape index (κ3) is 2.08. The van der Waals surface area contributed by atoms with Gasteiger partial charge in [0.25, 0.3) is 0 Å². The van der Waals surface area contributed by atoms with Crippen LogP contribution in [0.1, 0.15) is 24.1 Å². The number of aryl methyl sites for hydroxylation is 2. The smallest absolute Gasteiger partial charge is 0.106 e. The number of nitrogens with zero attached hydrogens (tertiary/aromatic N) is 1. The summed E-state index contributed by atoms with van der Waals surface area (Å²) in [7, 11) is 1.96. The Labute approximate surface area is 73.6 Å². The minimum atomic E-state index is 0.987. The van der Waals surface area contributed by atoms with Gasteiger partial charge < -0.3 is 10.3 Å². The highest BCUT2D eigenvalue weighted by Gasteiger charge is 2.03. The maximum atomic E-state index is 4.47. The molecule has 0 aliphatic rings. The molecule has 0 aromatic carbocycles. The fourth-order valence-electron chi connectivity index (χ4n) is 1.22. The van der Waals surface area contributed by atoms with Crippen LogP contribution in [0.25, 0.3) is 0 Å². The molecule has 0 atom stereocenters. The number of aromatic amines is 1. The van der Waals surface area contributed by atoms with Gasteiger partial charge in [0.1, 0.15) is 5.82 Å². The average Bonchev–Trinajstić information content (AvgIpc) is 2.43. The molecule has 1 aromatic heterocycles. The second kappa shape index (κ2) is 4.26. The Bertz CT molecular complexity index is 240. The quantitative estimate of drug-likeness (QED) is 0.703. The second-order valence-corrected chi connectivity index (χ2v) is 2.96. The monoisotopic (exact) mass is 167 g/mol. The van der Waals surface area contributed by atoms with Crippen LogP contribution in [0.2, 0.25) is 0 Å². The van der Waals surface area contributed by atoms with Crippen molar-refractivity contribution in [3.63, 3.8) is 0 Å². The number of hydrogen-bond donors (Lipinski definition) is 2. The lowest BCUT2D eigenvalue weighted by Crippen LogP contribution is -2.11. The van der Waals surface area contributed by atoms with Gasteiger partial charge in [0, 0.05) is 25.1 Å². The summed E-state index contributed by atoms with van der Waals surface area (Å²) in [5.74, 6) is 1.10. The SMILES string of the molecule is CCc1nc(CCNC)c(C)[nH]1. The van der Waals surface area contributed by atoms with E-state index in [0.717, 1.165) is 25.2 Å². The van der Waals surface area contributed by atoms with Gasteiger partial charge in [-0.25, -0.2) is 4.98 Å². The van der Waals surface area contributed by atoms with E-state index in [4.69, 9.17) is 0 Å². The van der Waals surface area contributed by atoms with Crippen molar-refractivity contribution in [2.24, 2.45) is 0 Å². The van der Waals surface area contributed by atoms with E-state index >= 15 is 0 Å². The number of likely N-dealkylation sites (N-methyl/N-ethyl adjacent to an activating group) is 1. The molecule has 0 saturated heterocycles. The molecule has 68 valence electrons. The minimum absolute atomic E-state index is 0.987. The average molecular weight is 167 g/mol. The fourth-order valence-corrected chi connectivity index (χ4v) is 1.22. The molecule has 0 aliphatic heterocycles. The van der Waals surface area contributed by atoms with Crippen molar-refractivity contribution in [2.45, 2.75) is 26.7 Å². The molecule has 0 saturated carbocycles. The van der Waals surface area contributed by atoms with Gasteiger partial charge in [0.2, 0.25) is 0 Å². The Morgan fingerprint density at radius 1 is 1.50 bits per heavy atom. The maximum Gasteiger partial charge on any atom is 0.106 e. The Balaban J connectivity index is 2.64. The van der Waals surface area contributed by atoms with Crippen LogP contribution < -0.4 is 5.32 Å². The van der Waals surface area contributed by atoms with Crippen molar-refractivity contribution in [1.82, 2.24) is 15.3 Å². The van der Waals surface area contributed by atoms with Crippen molar-refractivity contribution >= 4 is 0 Å². The minimum Gasteiger partial charge on any atom is -0.346 e. The highest BCUT2D eigenvalue weighted by atomic mass is 14.9. The lowest BCUT2D eigenvalue weighted by molar-refractivity contribution is 0.774. The Kier molecular flexibility index (Phi) is 3.29. The molecule has 12 heavy (non-hydrogen) atoms. The number of aromatic nitrogens is 2. The summed E-state index contributed by atoms with van der Waals surface area (Å²) in [6, 6.07) is 0. The summed E-state index contributed by atoms with van der Waals surface area (Å²) in [6.07, 6.45) is 2.00. The normalized spacial score (nSPS) is 10.6. The van der Waals surface area contributed by atoms with Crippen LogP contribution in [-0.2, 0) is 12.8 Å². The fraction of sp³-hybridized carbons (Fsp3) is 0.667. The Morgan fingerprint density at radius 2 is 2.25 bits per heavy atom. The first-order valence-corrected chi connectivity index (χ1v) is 4.46. The number of nitrogens with one attached hydrogen (secondary N) is 2. The van der Waals surface area contributed by atoms with Gasteiger partial charge >= 0.3 is 0 Å². The number of rotatable bonds is 4. The molecule has 1 heterocycles. The number of H-pyrrole nitrogens is 1. The van der Waals surface area contributed by atoms with E-state index < -0.39 is 0 Å². The van der Waals surface area contributed by atoms with Crippen LogP contribution in [0.3, 0.4) is 0 Å². The summed E-state index contributed by atoms with van der Waals surface area (Å²) in [5, 5.41) is 3.12. The topological polar surface area (TPSA) is 40.7 Å². The van der Waals surface area contributed by atoms with E-state index in [1.54, 1.807) is 0 Å². The van der Waals surface area contributed by atoms with Gasteiger partial charge in [0.05, 0.1) is 5.69 Å². The Hall–Kier alpha value is -0.830. The summed E-state index contributed by atoms with van der Waals surface area (Å²) < 4.78 is 0. The van der Waals surface area contributed by atoms with E-state index in [0.29, 0.717) is 0 Å². The van der Waals surface area contributed by atoms with Crippen LogP contribution in [-0.4, -0.2) is 23.6 Å². The van der Waals surface area contributed by atoms with Gasteiger partial charge in [-0.1, -0.05) is 6.92 Å². The maximum absolute atomic E-state index is 4.47. The van der Waals surface area contributed by atoms with Gasteiger partial charge in [-0.2, -0.15) is 0 Å². The zero-order chi connectivity index (χ0) is 8.97. The first kappa shape index (κ1) is 9.26. The third-order valence-electron chi connectivity index (χ3n) is 1.98. The zero-order valence-corrected chi connectivity index (χ0v) is 8.07. The Morgan fingerprint density at radius 3 is 2.75 bits per heavy atom. The molecule has 0 bridgehead atoms. The van der Waals surface area contributed by atoms with Crippen LogP contribution in [0.4, 0.5) is 0 Å². The summed E-state index contributed by atoms with van der Waals surface area (Å²) in [6.45, 7) is 5.19. The van der Waals surface area contributed by atoms with Crippen molar-refractivity contribution in [3.8, 4) is 0 Å². The van der Waals surface area contributed by atoms with Crippen LogP contribution >= 0.6 is 0 Å². The van der Waals surface area contributed by atoms with Crippen LogP contribution in [0.15, 0.2) is 0 Å². The first-order chi connectivity index (χ1) is 5.77.